The van der Waals surface area contributed by atoms with Crippen molar-refractivity contribution in [2.75, 3.05) is 12.3 Å². The lowest BCUT2D eigenvalue weighted by Gasteiger charge is -2.16. The van der Waals surface area contributed by atoms with Gasteiger partial charge < -0.3 is 41.4 Å². The number of anilines is 1. The van der Waals surface area contributed by atoms with Gasteiger partial charge in [0.2, 0.25) is 0 Å². The monoisotopic (exact) mass is 383 g/mol. The first-order valence-corrected chi connectivity index (χ1v) is 7.95. The van der Waals surface area contributed by atoms with Crippen molar-refractivity contribution in [2.45, 2.75) is 24.5 Å². The number of imidazole rings is 1. The molecule has 0 bridgehead atoms. The van der Waals surface area contributed by atoms with Crippen molar-refractivity contribution in [3.63, 3.8) is 0 Å². The molecule has 10 N–H and O–H groups in total. The van der Waals surface area contributed by atoms with Crippen molar-refractivity contribution in [2.24, 2.45) is 0 Å². The zero-order valence-electron chi connectivity index (χ0n) is 12.5. The van der Waals surface area contributed by atoms with E-state index in [2.05, 4.69) is 19.5 Å². The molecule has 0 unspecified atom stereocenters. The number of rotatable bonds is 4. The number of aliphatic hydroxyl groups is 2. The molecule has 0 amide bonds. The fourth-order valence-corrected chi connectivity index (χ4v) is 2.66. The van der Waals surface area contributed by atoms with Gasteiger partial charge in [0.1, 0.15) is 30.2 Å². The summed E-state index contributed by atoms with van der Waals surface area (Å²) in [6.45, 7) is -0.594. The van der Waals surface area contributed by atoms with E-state index in [1.807, 2.05) is 0 Å². The molecular formula is C10H18N5O9P. The predicted molar refractivity (Wildman–Crippen MR) is 80.9 cm³/mol. The van der Waals surface area contributed by atoms with Crippen LogP contribution in [0.2, 0.25) is 0 Å². The summed E-state index contributed by atoms with van der Waals surface area (Å²) in [7, 11) is -4.72. The predicted octanol–water partition coefficient (Wildman–Crippen LogP) is -3.51. The lowest BCUT2D eigenvalue weighted by Crippen LogP contribution is -2.33. The molecule has 3 rings (SSSR count). The van der Waals surface area contributed by atoms with Crippen LogP contribution in [0.4, 0.5) is 5.82 Å². The molecule has 4 atom stereocenters. The Morgan fingerprint density at radius 3 is 2.56 bits per heavy atom. The molecule has 1 saturated heterocycles. The quantitative estimate of drug-likeness (QED) is 0.324. The molecule has 1 aliphatic heterocycles. The Balaban J connectivity index is 0.00000156. The normalized spacial score (nSPS) is 26.2. The number of nitrogens with two attached hydrogens (primary N) is 1. The highest BCUT2D eigenvalue weighted by Gasteiger charge is 2.45. The number of ether oxygens (including phenoxy) is 1. The second-order valence-electron chi connectivity index (χ2n) is 4.92. The number of nitrogen functional groups attached to an aromatic ring is 1. The molecule has 2 aromatic rings. The van der Waals surface area contributed by atoms with E-state index in [0.717, 1.165) is 0 Å². The number of aliphatic hydroxyl groups excluding tert-OH is 2. The summed E-state index contributed by atoms with van der Waals surface area (Å²) >= 11 is 0. The molecule has 142 valence electrons. The van der Waals surface area contributed by atoms with E-state index in [1.165, 1.54) is 17.2 Å². The number of hydrogen-bond donors (Lipinski definition) is 5. The van der Waals surface area contributed by atoms with Crippen LogP contribution in [-0.2, 0) is 13.8 Å². The Morgan fingerprint density at radius 1 is 1.24 bits per heavy atom. The number of fused-ring (bicyclic) bond motifs is 1. The van der Waals surface area contributed by atoms with Crippen molar-refractivity contribution in [3.8, 4) is 0 Å². The Hall–Kier alpha value is -1.74. The molecule has 25 heavy (non-hydrogen) atoms. The van der Waals surface area contributed by atoms with Crippen molar-refractivity contribution in [1.82, 2.24) is 19.5 Å². The van der Waals surface area contributed by atoms with Gasteiger partial charge in [0.25, 0.3) is 0 Å². The van der Waals surface area contributed by atoms with Crippen LogP contribution in [-0.4, -0.2) is 75.4 Å². The number of phosphoric acid groups is 1. The first kappa shape index (κ1) is 21.3. The molecule has 1 aliphatic rings. The van der Waals surface area contributed by atoms with Crippen LogP contribution in [0.15, 0.2) is 12.7 Å². The van der Waals surface area contributed by atoms with Crippen LogP contribution in [0.1, 0.15) is 6.23 Å². The highest BCUT2D eigenvalue weighted by Crippen LogP contribution is 2.38. The molecule has 0 aromatic carbocycles. The van der Waals surface area contributed by atoms with Crippen LogP contribution < -0.4 is 5.73 Å². The molecule has 0 radical (unpaired) electrons. The molecule has 2 aromatic heterocycles. The van der Waals surface area contributed by atoms with Crippen LogP contribution in [0.25, 0.3) is 11.2 Å². The minimum atomic E-state index is -4.72. The van der Waals surface area contributed by atoms with Crippen molar-refractivity contribution in [3.05, 3.63) is 12.7 Å². The topological polar surface area (TPSA) is 249 Å². The van der Waals surface area contributed by atoms with Crippen LogP contribution in [0.5, 0.6) is 0 Å². The van der Waals surface area contributed by atoms with Gasteiger partial charge in [0, 0.05) is 0 Å². The molecule has 0 aliphatic carbocycles. The molecule has 0 spiro atoms. The van der Waals surface area contributed by atoms with Gasteiger partial charge in [-0.2, -0.15) is 0 Å². The van der Waals surface area contributed by atoms with Gasteiger partial charge in [-0.05, 0) is 0 Å². The van der Waals surface area contributed by atoms with Crippen molar-refractivity contribution < 1.29 is 44.8 Å². The third-order valence-corrected chi connectivity index (χ3v) is 3.89. The highest BCUT2D eigenvalue weighted by molar-refractivity contribution is 7.46. The van der Waals surface area contributed by atoms with Gasteiger partial charge in [-0.3, -0.25) is 9.09 Å². The molecule has 1 fully saturated rings. The maximum Gasteiger partial charge on any atom is 0.469 e. The zero-order valence-corrected chi connectivity index (χ0v) is 13.4. The number of aromatic nitrogens is 4. The molecule has 15 heteroatoms. The van der Waals surface area contributed by atoms with Gasteiger partial charge in [-0.25, -0.2) is 19.5 Å². The minimum absolute atomic E-state index is 0. The second-order valence-corrected chi connectivity index (χ2v) is 6.15. The summed E-state index contributed by atoms with van der Waals surface area (Å²) in [5.74, 6) is 0.142. The van der Waals surface area contributed by atoms with Crippen LogP contribution in [0, 0.1) is 0 Å². The summed E-state index contributed by atoms with van der Waals surface area (Å²) in [6, 6.07) is 0. The van der Waals surface area contributed by atoms with E-state index < -0.39 is 39.0 Å². The van der Waals surface area contributed by atoms with Gasteiger partial charge in [0.15, 0.2) is 17.7 Å². The Morgan fingerprint density at radius 2 is 1.92 bits per heavy atom. The Bertz CT molecular complexity index is 766. The summed E-state index contributed by atoms with van der Waals surface area (Å²) in [4.78, 5) is 29.2. The second kappa shape index (κ2) is 7.65. The molecule has 0 saturated carbocycles. The van der Waals surface area contributed by atoms with Gasteiger partial charge in [-0.15, -0.1) is 0 Å². The first-order valence-electron chi connectivity index (χ1n) is 6.42. The van der Waals surface area contributed by atoms with Gasteiger partial charge in [-0.1, -0.05) is 0 Å². The highest BCUT2D eigenvalue weighted by atomic mass is 31.2. The van der Waals surface area contributed by atoms with E-state index in [4.69, 9.17) is 20.3 Å². The zero-order chi connectivity index (χ0) is 16.8. The number of hydrogen-bond acceptors (Lipinski definition) is 9. The Kier molecular flexibility index (Phi) is 6.52. The summed E-state index contributed by atoms with van der Waals surface area (Å²) in [5.41, 5.74) is 6.25. The fourth-order valence-electron chi connectivity index (χ4n) is 2.32. The molecule has 14 nitrogen and oxygen atoms in total. The molecular weight excluding hydrogens is 365 g/mol. The van der Waals surface area contributed by atoms with Gasteiger partial charge in [0.05, 0.1) is 12.9 Å². The van der Waals surface area contributed by atoms with Gasteiger partial charge >= 0.3 is 7.82 Å². The van der Waals surface area contributed by atoms with E-state index >= 15 is 0 Å². The third kappa shape index (κ3) is 4.09. The third-order valence-electron chi connectivity index (χ3n) is 3.41. The lowest BCUT2D eigenvalue weighted by atomic mass is 10.1. The largest absolute Gasteiger partial charge is 0.469 e. The Labute approximate surface area is 139 Å². The lowest BCUT2D eigenvalue weighted by molar-refractivity contribution is -0.0504. The summed E-state index contributed by atoms with van der Waals surface area (Å²) in [5, 5.41) is 20.1. The average Bonchev–Trinajstić information content (AvgIpc) is 3.01. The fraction of sp³-hybridized carbons (Fsp3) is 0.500. The van der Waals surface area contributed by atoms with Crippen molar-refractivity contribution in [1.29, 1.82) is 0 Å². The smallest absolute Gasteiger partial charge is 0.412 e. The van der Waals surface area contributed by atoms with E-state index in [9.17, 15) is 14.8 Å². The minimum Gasteiger partial charge on any atom is -0.412 e. The van der Waals surface area contributed by atoms with E-state index in [0.29, 0.717) is 5.52 Å². The van der Waals surface area contributed by atoms with Crippen LogP contribution in [0.3, 0.4) is 0 Å². The SMILES string of the molecule is Nc1ncnc2c1ncn2[C@@H]1O[C@H](COP(=O)(O)O)[C@@H](O)[C@H]1O.O.O. The average molecular weight is 383 g/mol. The number of nitrogens with zero attached hydrogens (tertiary/aromatic N) is 4. The standard InChI is InChI=1S/C10H14N5O7P.2H2O/c11-8-5-9(13-2-12-8)15(3-14-5)10-7(17)6(16)4(22-10)1-21-23(18,19)20;;/h2-4,6-7,10,16-17H,1H2,(H2,11,12,13)(H2,18,19,20);2*1H2/t4-,6-,7-,10-;;/m1../s1. The maximum atomic E-state index is 10.7. The number of phosphoric ester groups is 1. The summed E-state index contributed by atoms with van der Waals surface area (Å²) in [6.07, 6.45) is -2.49. The van der Waals surface area contributed by atoms with Crippen LogP contribution >= 0.6 is 7.82 Å². The summed E-state index contributed by atoms with van der Waals surface area (Å²) < 4.78 is 21.8. The maximum absolute atomic E-state index is 10.7. The van der Waals surface area contributed by atoms with E-state index in [1.54, 1.807) is 0 Å². The first-order chi connectivity index (χ1) is 10.8. The van der Waals surface area contributed by atoms with Crippen molar-refractivity contribution >= 4 is 24.8 Å². The van der Waals surface area contributed by atoms with E-state index in [-0.39, 0.29) is 22.4 Å². The molecule has 3 heterocycles.